The van der Waals surface area contributed by atoms with Gasteiger partial charge in [-0.05, 0) is 43.1 Å². The van der Waals surface area contributed by atoms with Gasteiger partial charge in [-0.1, -0.05) is 6.07 Å². The number of hydrogen-bond acceptors (Lipinski definition) is 4. The number of carbonyl (C=O) groups is 2. The second kappa shape index (κ2) is 6.36. The summed E-state index contributed by atoms with van der Waals surface area (Å²) in [7, 11) is 0. The van der Waals surface area contributed by atoms with Gasteiger partial charge in [0.2, 0.25) is 5.91 Å². The highest BCUT2D eigenvalue weighted by atomic mass is 16.4. The van der Waals surface area contributed by atoms with Crippen molar-refractivity contribution in [2.24, 2.45) is 0 Å². The quantitative estimate of drug-likeness (QED) is 0.646. The number of fused-ring (bicyclic) bond motifs is 3. The van der Waals surface area contributed by atoms with Crippen molar-refractivity contribution in [2.45, 2.75) is 37.9 Å². The van der Waals surface area contributed by atoms with E-state index in [0.717, 1.165) is 48.0 Å². The first-order valence-electron chi connectivity index (χ1n) is 8.58. The minimum Gasteiger partial charge on any atom is -0.465 e. The van der Waals surface area contributed by atoms with Gasteiger partial charge in [-0.3, -0.25) is 9.89 Å². The van der Waals surface area contributed by atoms with Crippen LogP contribution in [0, 0.1) is 0 Å². The van der Waals surface area contributed by atoms with Crippen LogP contribution in [0.1, 0.15) is 24.0 Å². The topological polar surface area (TPSA) is 110 Å². The van der Waals surface area contributed by atoms with Crippen molar-refractivity contribution in [3.63, 3.8) is 0 Å². The Kier molecular flexibility index (Phi) is 4.04. The second-order valence-electron chi connectivity index (χ2n) is 6.69. The summed E-state index contributed by atoms with van der Waals surface area (Å²) < 4.78 is 0. The molecule has 8 nitrogen and oxygen atoms in total. The van der Waals surface area contributed by atoms with E-state index in [9.17, 15) is 9.59 Å². The molecule has 8 heteroatoms. The molecule has 0 aliphatic carbocycles. The second-order valence-corrected chi connectivity index (χ2v) is 6.69. The van der Waals surface area contributed by atoms with Gasteiger partial charge in [0.05, 0.1) is 11.7 Å². The number of nitrogens with zero attached hydrogens (tertiary/aromatic N) is 2. The number of amides is 2. The molecule has 4 N–H and O–H groups in total. The van der Waals surface area contributed by atoms with Crippen molar-refractivity contribution in [3.05, 3.63) is 29.5 Å². The van der Waals surface area contributed by atoms with Gasteiger partial charge in [-0.25, -0.2) is 4.79 Å². The molecule has 2 amide bonds. The van der Waals surface area contributed by atoms with E-state index in [0.29, 0.717) is 13.0 Å². The lowest BCUT2D eigenvalue weighted by molar-refractivity contribution is -0.136. The van der Waals surface area contributed by atoms with E-state index >= 15 is 0 Å². The van der Waals surface area contributed by atoms with Crippen molar-refractivity contribution in [3.8, 4) is 0 Å². The van der Waals surface area contributed by atoms with E-state index in [1.54, 1.807) is 6.20 Å². The molecule has 1 aromatic heterocycles. The summed E-state index contributed by atoms with van der Waals surface area (Å²) in [4.78, 5) is 26.1. The van der Waals surface area contributed by atoms with Crippen molar-refractivity contribution >= 4 is 22.9 Å². The predicted molar refractivity (Wildman–Crippen MR) is 91.2 cm³/mol. The van der Waals surface area contributed by atoms with E-state index in [4.69, 9.17) is 5.11 Å². The number of piperidine rings is 1. The smallest absolute Gasteiger partial charge is 0.405 e. The lowest BCUT2D eigenvalue weighted by atomic mass is 9.99. The average Bonchev–Trinajstić information content (AvgIpc) is 3.04. The van der Waals surface area contributed by atoms with Gasteiger partial charge in [-0.15, -0.1) is 0 Å². The summed E-state index contributed by atoms with van der Waals surface area (Å²) in [6.45, 7) is 2.23. The maximum Gasteiger partial charge on any atom is 0.405 e. The van der Waals surface area contributed by atoms with Crippen LogP contribution in [0.2, 0.25) is 0 Å². The zero-order valence-corrected chi connectivity index (χ0v) is 13.8. The largest absolute Gasteiger partial charge is 0.465 e. The van der Waals surface area contributed by atoms with E-state index in [1.165, 1.54) is 0 Å². The van der Waals surface area contributed by atoms with Crippen molar-refractivity contribution in [1.82, 2.24) is 25.7 Å². The molecule has 1 saturated heterocycles. The Balaban J connectivity index is 1.76. The molecule has 0 saturated carbocycles. The highest BCUT2D eigenvalue weighted by Gasteiger charge is 2.35. The molecular weight excluding hydrogens is 322 g/mol. The van der Waals surface area contributed by atoms with Crippen LogP contribution in [0.15, 0.2) is 18.3 Å². The van der Waals surface area contributed by atoms with Crippen molar-refractivity contribution < 1.29 is 14.7 Å². The molecule has 1 fully saturated rings. The van der Waals surface area contributed by atoms with Crippen molar-refractivity contribution in [2.75, 3.05) is 13.1 Å². The Hall–Kier alpha value is -2.61. The van der Waals surface area contributed by atoms with Crippen LogP contribution < -0.4 is 10.6 Å². The summed E-state index contributed by atoms with van der Waals surface area (Å²) in [5.41, 5.74) is 2.99. The standard InChI is InChI=1S/C17H21N5O3/c23-16-15(20-17(24)25)7-10-1-2-14-12(8-19-21-14)13(10)9-22(16)11-3-5-18-6-4-11/h1-2,8,11,15,18,20H,3-7,9H2,(H,19,21)(H,24,25). The van der Waals surface area contributed by atoms with Gasteiger partial charge in [0.25, 0.3) is 0 Å². The summed E-state index contributed by atoms with van der Waals surface area (Å²) in [5.74, 6) is -0.137. The first-order chi connectivity index (χ1) is 12.1. The number of carboxylic acid groups (broad SMARTS) is 1. The van der Waals surface area contributed by atoms with Crippen LogP contribution in [0.3, 0.4) is 0 Å². The predicted octanol–water partition coefficient (Wildman–Crippen LogP) is 0.836. The van der Waals surface area contributed by atoms with Crippen LogP contribution in [0.5, 0.6) is 0 Å². The molecule has 1 unspecified atom stereocenters. The number of rotatable bonds is 2. The van der Waals surface area contributed by atoms with Gasteiger partial charge in [0.15, 0.2) is 0 Å². The third-order valence-electron chi connectivity index (χ3n) is 5.21. The van der Waals surface area contributed by atoms with Gasteiger partial charge >= 0.3 is 6.09 Å². The third-order valence-corrected chi connectivity index (χ3v) is 5.21. The number of aromatic nitrogens is 2. The van der Waals surface area contributed by atoms with Gasteiger partial charge in [0.1, 0.15) is 6.04 Å². The fraction of sp³-hybridized carbons (Fsp3) is 0.471. The molecule has 4 rings (SSSR count). The molecule has 2 aromatic rings. The van der Waals surface area contributed by atoms with Crippen molar-refractivity contribution in [1.29, 1.82) is 0 Å². The first kappa shape index (κ1) is 15.9. The first-order valence-corrected chi connectivity index (χ1v) is 8.58. The van der Waals surface area contributed by atoms with Crippen LogP contribution in [0.4, 0.5) is 4.79 Å². The third kappa shape index (κ3) is 2.93. The normalized spacial score (nSPS) is 21.8. The summed E-state index contributed by atoms with van der Waals surface area (Å²) in [5, 5.41) is 23.0. The fourth-order valence-corrected chi connectivity index (χ4v) is 3.94. The zero-order chi connectivity index (χ0) is 17.4. The highest BCUT2D eigenvalue weighted by molar-refractivity contribution is 5.89. The van der Waals surface area contributed by atoms with E-state index in [2.05, 4.69) is 20.8 Å². The molecule has 2 aliphatic heterocycles. The van der Waals surface area contributed by atoms with Gasteiger partial charge in [-0.2, -0.15) is 5.10 Å². The number of hydrogen-bond donors (Lipinski definition) is 4. The monoisotopic (exact) mass is 343 g/mol. The van der Waals surface area contributed by atoms with Gasteiger partial charge in [0, 0.05) is 24.4 Å². The maximum absolute atomic E-state index is 13.1. The number of aromatic amines is 1. The highest BCUT2D eigenvalue weighted by Crippen LogP contribution is 2.29. The molecule has 0 spiro atoms. The molecule has 132 valence electrons. The Morgan fingerprint density at radius 1 is 1.32 bits per heavy atom. The average molecular weight is 343 g/mol. The molecule has 0 radical (unpaired) electrons. The number of benzene rings is 1. The van der Waals surface area contributed by atoms with E-state index in [-0.39, 0.29) is 11.9 Å². The SMILES string of the molecule is O=C(O)NC1Cc2ccc3[nH]ncc3c2CN(C2CCNCC2)C1=O. The summed E-state index contributed by atoms with van der Waals surface area (Å²) >= 11 is 0. The van der Waals surface area contributed by atoms with Crippen LogP contribution in [-0.2, 0) is 17.8 Å². The Labute approximate surface area is 144 Å². The summed E-state index contributed by atoms with van der Waals surface area (Å²) in [6.07, 6.45) is 2.73. The molecular formula is C17H21N5O3. The fourth-order valence-electron chi connectivity index (χ4n) is 3.94. The number of carbonyl (C=O) groups excluding carboxylic acids is 1. The molecule has 1 aromatic carbocycles. The van der Waals surface area contributed by atoms with E-state index < -0.39 is 12.1 Å². The van der Waals surface area contributed by atoms with Crippen LogP contribution in [-0.4, -0.2) is 57.4 Å². The maximum atomic E-state index is 13.1. The molecule has 2 aliphatic rings. The number of H-pyrrole nitrogens is 1. The molecule has 3 heterocycles. The molecule has 1 atom stereocenters. The minimum atomic E-state index is -1.17. The molecule has 0 bridgehead atoms. The Bertz CT molecular complexity index is 812. The number of nitrogens with one attached hydrogen (secondary N) is 3. The Morgan fingerprint density at radius 2 is 2.12 bits per heavy atom. The Morgan fingerprint density at radius 3 is 2.88 bits per heavy atom. The van der Waals surface area contributed by atoms with E-state index in [1.807, 2.05) is 17.0 Å². The lowest BCUT2D eigenvalue weighted by Crippen LogP contribution is -2.52. The van der Waals surface area contributed by atoms with Gasteiger partial charge < -0.3 is 20.6 Å². The summed E-state index contributed by atoms with van der Waals surface area (Å²) in [6, 6.07) is 3.27. The lowest BCUT2D eigenvalue weighted by Gasteiger charge is -2.35. The minimum absolute atomic E-state index is 0.125. The van der Waals surface area contributed by atoms with Crippen LogP contribution in [0.25, 0.3) is 10.9 Å². The van der Waals surface area contributed by atoms with Crippen LogP contribution >= 0.6 is 0 Å². The zero-order valence-electron chi connectivity index (χ0n) is 13.8. The molecule has 25 heavy (non-hydrogen) atoms.